The van der Waals surface area contributed by atoms with Crippen molar-refractivity contribution >= 4 is 17.2 Å². The molecule has 7 nitrogen and oxygen atoms in total. The Balaban J connectivity index is 1.53. The topological polar surface area (TPSA) is 78.4 Å². The fraction of sp³-hybridized carbons (Fsp3) is 0.400. The Bertz CT molecular complexity index is 773. The standard InChI is InChI=1S/C15H18N4O3S/c20-13-1-3-19(15(22)16-13)10-14(21)18-6-4-17(5-7-18)9-12-2-8-23-11-12/h1-3,8,11H,4-7,9-10H2,(H,16,20,22). The first-order valence-electron chi connectivity index (χ1n) is 7.43. The van der Waals surface area contributed by atoms with Gasteiger partial charge >= 0.3 is 5.69 Å². The van der Waals surface area contributed by atoms with Gasteiger partial charge in [0.15, 0.2) is 0 Å². The molecule has 122 valence electrons. The highest BCUT2D eigenvalue weighted by Gasteiger charge is 2.21. The maximum absolute atomic E-state index is 12.3. The van der Waals surface area contributed by atoms with Gasteiger partial charge in [0, 0.05) is 45.0 Å². The lowest BCUT2D eigenvalue weighted by Gasteiger charge is -2.34. The van der Waals surface area contributed by atoms with Crippen LogP contribution in [0, 0.1) is 0 Å². The average molecular weight is 334 g/mol. The van der Waals surface area contributed by atoms with Gasteiger partial charge in [-0.1, -0.05) is 0 Å². The molecule has 0 bridgehead atoms. The molecular weight excluding hydrogens is 316 g/mol. The largest absolute Gasteiger partial charge is 0.339 e. The van der Waals surface area contributed by atoms with Crippen molar-refractivity contribution in [3.63, 3.8) is 0 Å². The molecule has 0 unspecified atom stereocenters. The van der Waals surface area contributed by atoms with E-state index in [0.29, 0.717) is 13.1 Å². The third-order valence-corrected chi connectivity index (χ3v) is 4.65. The van der Waals surface area contributed by atoms with E-state index in [0.717, 1.165) is 19.6 Å². The SMILES string of the molecule is O=C(Cn1ccc(=O)[nH]c1=O)N1CCN(Cc2ccsc2)CC1. The van der Waals surface area contributed by atoms with Gasteiger partial charge in [0.2, 0.25) is 5.91 Å². The van der Waals surface area contributed by atoms with Crippen molar-refractivity contribution in [2.24, 2.45) is 0 Å². The molecule has 1 aliphatic rings. The van der Waals surface area contributed by atoms with E-state index in [4.69, 9.17) is 0 Å². The number of aromatic nitrogens is 2. The minimum absolute atomic E-state index is 0.0415. The van der Waals surface area contributed by atoms with Gasteiger partial charge in [-0.25, -0.2) is 4.79 Å². The van der Waals surface area contributed by atoms with E-state index in [-0.39, 0.29) is 12.5 Å². The van der Waals surface area contributed by atoms with Gasteiger partial charge in [-0.3, -0.25) is 24.0 Å². The summed E-state index contributed by atoms with van der Waals surface area (Å²) in [6.07, 6.45) is 1.35. The second-order valence-corrected chi connectivity index (χ2v) is 6.31. The van der Waals surface area contributed by atoms with Crippen molar-refractivity contribution in [3.8, 4) is 0 Å². The summed E-state index contributed by atoms with van der Waals surface area (Å²) in [4.78, 5) is 41.2. The number of piperazine rings is 1. The van der Waals surface area contributed by atoms with E-state index >= 15 is 0 Å². The van der Waals surface area contributed by atoms with E-state index in [2.05, 4.69) is 26.7 Å². The summed E-state index contributed by atoms with van der Waals surface area (Å²) in [5.74, 6) is -0.102. The predicted molar refractivity (Wildman–Crippen MR) is 87.5 cm³/mol. The normalized spacial score (nSPS) is 15.7. The van der Waals surface area contributed by atoms with Crippen LogP contribution in [-0.4, -0.2) is 51.4 Å². The van der Waals surface area contributed by atoms with Crippen LogP contribution < -0.4 is 11.2 Å². The van der Waals surface area contributed by atoms with Crippen LogP contribution in [0.15, 0.2) is 38.7 Å². The number of hydrogen-bond acceptors (Lipinski definition) is 5. The average Bonchev–Trinajstić information content (AvgIpc) is 3.04. The fourth-order valence-corrected chi connectivity index (χ4v) is 3.27. The maximum atomic E-state index is 12.3. The zero-order valence-corrected chi connectivity index (χ0v) is 13.4. The van der Waals surface area contributed by atoms with E-state index in [1.165, 1.54) is 22.4 Å². The second-order valence-electron chi connectivity index (χ2n) is 5.53. The minimum atomic E-state index is -0.554. The van der Waals surface area contributed by atoms with Crippen LogP contribution >= 0.6 is 11.3 Å². The molecule has 23 heavy (non-hydrogen) atoms. The van der Waals surface area contributed by atoms with Gasteiger partial charge in [0.1, 0.15) is 6.54 Å². The smallest absolute Gasteiger partial charge is 0.328 e. The third-order valence-electron chi connectivity index (χ3n) is 3.91. The summed E-state index contributed by atoms with van der Waals surface area (Å²) >= 11 is 1.69. The molecule has 0 atom stereocenters. The highest BCUT2D eigenvalue weighted by molar-refractivity contribution is 7.07. The number of nitrogens with one attached hydrogen (secondary N) is 1. The van der Waals surface area contributed by atoms with Gasteiger partial charge in [-0.15, -0.1) is 0 Å². The quantitative estimate of drug-likeness (QED) is 0.850. The Hall–Kier alpha value is -2.19. The van der Waals surface area contributed by atoms with Gasteiger partial charge in [-0.2, -0.15) is 11.3 Å². The molecule has 3 heterocycles. The molecule has 1 aliphatic heterocycles. The number of nitrogens with zero attached hydrogens (tertiary/aromatic N) is 3. The number of thiophene rings is 1. The molecule has 1 amide bonds. The van der Waals surface area contributed by atoms with Crippen LogP contribution in [-0.2, 0) is 17.9 Å². The molecule has 3 rings (SSSR count). The van der Waals surface area contributed by atoms with Crippen LogP contribution in [0.1, 0.15) is 5.56 Å². The Labute approximate surface area is 136 Å². The minimum Gasteiger partial charge on any atom is -0.339 e. The predicted octanol–water partition coefficient (Wildman–Crippen LogP) is -0.0575. The van der Waals surface area contributed by atoms with Gasteiger partial charge in [-0.05, 0) is 22.4 Å². The highest BCUT2D eigenvalue weighted by Crippen LogP contribution is 2.11. The monoisotopic (exact) mass is 334 g/mol. The van der Waals surface area contributed by atoms with E-state index in [9.17, 15) is 14.4 Å². The molecule has 2 aromatic heterocycles. The summed E-state index contributed by atoms with van der Waals surface area (Å²) in [5.41, 5.74) is 0.289. The molecule has 1 fully saturated rings. The van der Waals surface area contributed by atoms with Crippen molar-refractivity contribution in [1.29, 1.82) is 0 Å². The van der Waals surface area contributed by atoms with Gasteiger partial charge in [0.05, 0.1) is 0 Å². The first-order chi connectivity index (χ1) is 11.1. The maximum Gasteiger partial charge on any atom is 0.328 e. The second kappa shape index (κ2) is 6.93. The Morgan fingerprint density at radius 2 is 1.96 bits per heavy atom. The molecular formula is C15H18N4O3S. The lowest BCUT2D eigenvalue weighted by molar-refractivity contribution is -0.133. The number of carbonyl (C=O) groups excluding carboxylic acids is 1. The summed E-state index contributed by atoms with van der Waals surface area (Å²) in [7, 11) is 0. The molecule has 1 N–H and O–H groups in total. The lowest BCUT2D eigenvalue weighted by atomic mass is 10.2. The number of carbonyl (C=O) groups is 1. The number of hydrogen-bond donors (Lipinski definition) is 1. The Morgan fingerprint density at radius 1 is 1.17 bits per heavy atom. The summed E-state index contributed by atoms with van der Waals surface area (Å²) in [5, 5.41) is 4.21. The Kier molecular flexibility index (Phi) is 4.73. The van der Waals surface area contributed by atoms with Crippen molar-refractivity contribution in [1.82, 2.24) is 19.4 Å². The van der Waals surface area contributed by atoms with Crippen molar-refractivity contribution in [3.05, 3.63) is 55.5 Å². The van der Waals surface area contributed by atoms with Crippen LogP contribution in [0.4, 0.5) is 0 Å². The molecule has 0 radical (unpaired) electrons. The van der Waals surface area contributed by atoms with Crippen molar-refractivity contribution in [2.45, 2.75) is 13.1 Å². The molecule has 0 saturated carbocycles. The van der Waals surface area contributed by atoms with Crippen LogP contribution in [0.3, 0.4) is 0 Å². The van der Waals surface area contributed by atoms with Gasteiger partial charge < -0.3 is 4.90 Å². The summed E-state index contributed by atoms with van der Waals surface area (Å²) in [6, 6.07) is 3.36. The first kappa shape index (κ1) is 15.7. The van der Waals surface area contributed by atoms with E-state index in [1.807, 2.05) is 0 Å². The summed E-state index contributed by atoms with van der Waals surface area (Å²) < 4.78 is 1.22. The molecule has 0 aliphatic carbocycles. The zero-order chi connectivity index (χ0) is 16.2. The van der Waals surface area contributed by atoms with Crippen molar-refractivity contribution < 1.29 is 4.79 Å². The van der Waals surface area contributed by atoms with E-state index in [1.54, 1.807) is 16.2 Å². The summed E-state index contributed by atoms with van der Waals surface area (Å²) in [6.45, 7) is 3.82. The number of rotatable bonds is 4. The highest BCUT2D eigenvalue weighted by atomic mass is 32.1. The van der Waals surface area contributed by atoms with Crippen molar-refractivity contribution in [2.75, 3.05) is 26.2 Å². The van der Waals surface area contributed by atoms with E-state index < -0.39 is 11.2 Å². The van der Waals surface area contributed by atoms with Crippen LogP contribution in [0.5, 0.6) is 0 Å². The number of amides is 1. The Morgan fingerprint density at radius 3 is 2.61 bits per heavy atom. The molecule has 0 spiro atoms. The van der Waals surface area contributed by atoms with Crippen LogP contribution in [0.25, 0.3) is 0 Å². The first-order valence-corrected chi connectivity index (χ1v) is 8.37. The van der Waals surface area contributed by atoms with Crippen LogP contribution in [0.2, 0.25) is 0 Å². The van der Waals surface area contributed by atoms with Gasteiger partial charge in [0.25, 0.3) is 5.56 Å². The number of H-pyrrole nitrogens is 1. The molecule has 1 saturated heterocycles. The molecule has 8 heteroatoms. The fourth-order valence-electron chi connectivity index (χ4n) is 2.61. The molecule has 2 aromatic rings. The lowest BCUT2D eigenvalue weighted by Crippen LogP contribution is -2.49. The zero-order valence-electron chi connectivity index (χ0n) is 12.6. The molecule has 0 aromatic carbocycles. The third kappa shape index (κ3) is 3.96. The number of aromatic amines is 1.